The molecule has 19 heavy (non-hydrogen) atoms. The van der Waals surface area contributed by atoms with Gasteiger partial charge < -0.3 is 29.9 Å². The van der Waals surface area contributed by atoms with Crippen LogP contribution in [-0.4, -0.2) is 57.7 Å². The van der Waals surface area contributed by atoms with Crippen LogP contribution in [0.3, 0.4) is 0 Å². The lowest BCUT2D eigenvalue weighted by molar-refractivity contribution is -0.296. The van der Waals surface area contributed by atoms with Crippen LogP contribution in [0.4, 0.5) is 0 Å². The third kappa shape index (κ3) is 3.30. The molecule has 6 nitrogen and oxygen atoms in total. The van der Waals surface area contributed by atoms with Crippen LogP contribution >= 0.6 is 0 Å². The molecule has 1 aromatic carbocycles. The van der Waals surface area contributed by atoms with Crippen LogP contribution in [0.2, 0.25) is 0 Å². The van der Waals surface area contributed by atoms with Crippen molar-refractivity contribution in [2.24, 2.45) is 0 Å². The Morgan fingerprint density at radius 2 is 1.74 bits per heavy atom. The van der Waals surface area contributed by atoms with Gasteiger partial charge in [-0.05, 0) is 5.56 Å². The van der Waals surface area contributed by atoms with E-state index in [0.29, 0.717) is 0 Å². The van der Waals surface area contributed by atoms with Crippen molar-refractivity contribution < 1.29 is 29.9 Å². The van der Waals surface area contributed by atoms with Gasteiger partial charge in [0.05, 0.1) is 13.2 Å². The average molecular weight is 270 g/mol. The molecule has 0 aliphatic carbocycles. The van der Waals surface area contributed by atoms with Crippen LogP contribution in [0.5, 0.6) is 0 Å². The Morgan fingerprint density at radius 3 is 2.37 bits per heavy atom. The van der Waals surface area contributed by atoms with Gasteiger partial charge >= 0.3 is 0 Å². The first-order chi connectivity index (χ1) is 9.13. The van der Waals surface area contributed by atoms with E-state index in [1.807, 2.05) is 30.3 Å². The summed E-state index contributed by atoms with van der Waals surface area (Å²) in [4.78, 5) is 0. The summed E-state index contributed by atoms with van der Waals surface area (Å²) in [5, 5.41) is 38.2. The predicted octanol–water partition coefficient (Wildman–Crippen LogP) is -0.997. The topological polar surface area (TPSA) is 99.4 Å². The molecular formula is C13H18O6. The Bertz CT molecular complexity index is 384. The highest BCUT2D eigenvalue weighted by Gasteiger charge is 2.44. The average Bonchev–Trinajstić information content (AvgIpc) is 2.44. The van der Waals surface area contributed by atoms with Crippen molar-refractivity contribution in [3.63, 3.8) is 0 Å². The van der Waals surface area contributed by atoms with Gasteiger partial charge in [-0.3, -0.25) is 0 Å². The van der Waals surface area contributed by atoms with Crippen molar-refractivity contribution in [3.8, 4) is 0 Å². The van der Waals surface area contributed by atoms with Crippen molar-refractivity contribution in [3.05, 3.63) is 35.9 Å². The number of aliphatic hydroxyl groups excluding tert-OH is 4. The van der Waals surface area contributed by atoms with E-state index < -0.39 is 37.3 Å². The second-order valence-electron chi connectivity index (χ2n) is 4.49. The molecule has 106 valence electrons. The molecule has 5 atom stereocenters. The minimum atomic E-state index is -1.48. The highest BCUT2D eigenvalue weighted by molar-refractivity contribution is 5.13. The van der Waals surface area contributed by atoms with Gasteiger partial charge in [-0.1, -0.05) is 30.3 Å². The standard InChI is InChI=1S/C13H18O6/c14-6-9-10(15)12(11(16)13(17)19-9)18-7-8-4-2-1-3-5-8/h1-5,9-17H,6-7H2/t9-,10-,11-,12-,13+/m0/s1. The molecule has 0 radical (unpaired) electrons. The van der Waals surface area contributed by atoms with Gasteiger partial charge in [-0.15, -0.1) is 0 Å². The fourth-order valence-electron chi connectivity index (χ4n) is 2.03. The molecule has 2 rings (SSSR count). The van der Waals surface area contributed by atoms with Crippen LogP contribution in [-0.2, 0) is 16.1 Å². The third-order valence-corrected chi connectivity index (χ3v) is 3.13. The Hall–Kier alpha value is -1.02. The molecule has 0 saturated carbocycles. The van der Waals surface area contributed by atoms with E-state index in [4.69, 9.17) is 14.6 Å². The smallest absolute Gasteiger partial charge is 0.184 e. The normalized spacial score (nSPS) is 35.3. The minimum Gasteiger partial charge on any atom is -0.394 e. The summed E-state index contributed by atoms with van der Waals surface area (Å²) in [6.45, 7) is -0.277. The van der Waals surface area contributed by atoms with Gasteiger partial charge in [0, 0.05) is 0 Å². The number of ether oxygens (including phenoxy) is 2. The molecule has 1 heterocycles. The monoisotopic (exact) mass is 270 g/mol. The summed E-state index contributed by atoms with van der Waals surface area (Å²) in [6.07, 6.45) is -6.03. The zero-order chi connectivity index (χ0) is 13.8. The van der Waals surface area contributed by atoms with Gasteiger partial charge in [0.25, 0.3) is 0 Å². The predicted molar refractivity (Wildman–Crippen MR) is 65.0 cm³/mol. The summed E-state index contributed by atoms with van der Waals surface area (Å²) < 4.78 is 10.3. The molecule has 4 N–H and O–H groups in total. The zero-order valence-corrected chi connectivity index (χ0v) is 10.3. The van der Waals surface area contributed by atoms with Crippen LogP contribution in [0.25, 0.3) is 0 Å². The Balaban J connectivity index is 2.00. The Morgan fingerprint density at radius 1 is 1.05 bits per heavy atom. The molecule has 0 amide bonds. The van der Waals surface area contributed by atoms with Gasteiger partial charge in [0.1, 0.15) is 24.4 Å². The number of benzene rings is 1. The second kappa shape index (κ2) is 6.42. The number of rotatable bonds is 4. The van der Waals surface area contributed by atoms with Crippen LogP contribution in [0.15, 0.2) is 30.3 Å². The van der Waals surface area contributed by atoms with Crippen molar-refractivity contribution >= 4 is 0 Å². The summed E-state index contributed by atoms with van der Waals surface area (Å²) in [6, 6.07) is 9.26. The quantitative estimate of drug-likeness (QED) is 0.560. The molecule has 1 aromatic rings. The van der Waals surface area contributed by atoms with Gasteiger partial charge in [-0.2, -0.15) is 0 Å². The maximum Gasteiger partial charge on any atom is 0.184 e. The molecule has 1 fully saturated rings. The van der Waals surface area contributed by atoms with Gasteiger partial charge in [0.2, 0.25) is 0 Å². The van der Waals surface area contributed by atoms with Crippen LogP contribution in [0, 0.1) is 0 Å². The van der Waals surface area contributed by atoms with E-state index in [1.165, 1.54) is 0 Å². The molecule has 0 spiro atoms. The summed E-state index contributed by atoms with van der Waals surface area (Å²) in [5.41, 5.74) is 0.878. The number of aliphatic hydroxyl groups is 4. The lowest BCUT2D eigenvalue weighted by Gasteiger charge is -2.39. The van der Waals surface area contributed by atoms with E-state index in [1.54, 1.807) is 0 Å². The maximum atomic E-state index is 9.91. The summed E-state index contributed by atoms with van der Waals surface area (Å²) in [7, 11) is 0. The zero-order valence-electron chi connectivity index (χ0n) is 10.3. The first kappa shape index (κ1) is 14.4. The Labute approximate surface area is 110 Å². The van der Waals surface area contributed by atoms with E-state index in [2.05, 4.69) is 0 Å². The van der Waals surface area contributed by atoms with E-state index in [-0.39, 0.29) is 6.61 Å². The minimum absolute atomic E-state index is 0.185. The molecule has 1 aliphatic rings. The molecule has 0 bridgehead atoms. The maximum absolute atomic E-state index is 9.91. The Kier molecular flexibility index (Phi) is 4.87. The fourth-order valence-corrected chi connectivity index (χ4v) is 2.03. The van der Waals surface area contributed by atoms with Gasteiger partial charge in [0.15, 0.2) is 6.29 Å². The lowest BCUT2D eigenvalue weighted by atomic mass is 9.99. The fraction of sp³-hybridized carbons (Fsp3) is 0.538. The van der Waals surface area contributed by atoms with Crippen molar-refractivity contribution in [1.29, 1.82) is 0 Å². The summed E-state index contributed by atoms with van der Waals surface area (Å²) >= 11 is 0. The van der Waals surface area contributed by atoms with Crippen LogP contribution in [0.1, 0.15) is 5.56 Å². The first-order valence-electron chi connectivity index (χ1n) is 6.09. The van der Waals surface area contributed by atoms with Crippen molar-refractivity contribution in [1.82, 2.24) is 0 Å². The van der Waals surface area contributed by atoms with E-state index >= 15 is 0 Å². The van der Waals surface area contributed by atoms with Crippen LogP contribution < -0.4 is 0 Å². The lowest BCUT2D eigenvalue weighted by Crippen LogP contribution is -2.59. The third-order valence-electron chi connectivity index (χ3n) is 3.13. The second-order valence-corrected chi connectivity index (χ2v) is 4.49. The van der Waals surface area contributed by atoms with Crippen molar-refractivity contribution in [2.45, 2.75) is 37.3 Å². The van der Waals surface area contributed by atoms with Crippen molar-refractivity contribution in [2.75, 3.05) is 6.61 Å². The molecule has 1 saturated heterocycles. The molecule has 1 aliphatic heterocycles. The number of hydrogen-bond acceptors (Lipinski definition) is 6. The first-order valence-corrected chi connectivity index (χ1v) is 6.09. The highest BCUT2D eigenvalue weighted by Crippen LogP contribution is 2.23. The number of hydrogen-bond donors (Lipinski definition) is 4. The summed E-state index contributed by atoms with van der Waals surface area (Å²) in [5.74, 6) is 0. The van der Waals surface area contributed by atoms with Gasteiger partial charge in [-0.25, -0.2) is 0 Å². The molecular weight excluding hydrogens is 252 g/mol. The van der Waals surface area contributed by atoms with E-state index in [9.17, 15) is 15.3 Å². The largest absolute Gasteiger partial charge is 0.394 e. The molecule has 0 unspecified atom stereocenters. The van der Waals surface area contributed by atoms with E-state index in [0.717, 1.165) is 5.56 Å². The molecule has 6 heteroatoms. The SMILES string of the molecule is OC[C@@H]1O[C@@H](O)[C@@H](O)[C@@H](OCc2ccccc2)[C@H]1O. The molecule has 0 aromatic heterocycles. The highest BCUT2D eigenvalue weighted by atomic mass is 16.6.